The number of ether oxygens (including phenoxy) is 1. The van der Waals surface area contributed by atoms with Crippen LogP contribution in [0.15, 0.2) is 42.5 Å². The highest BCUT2D eigenvalue weighted by molar-refractivity contribution is 6.22. The summed E-state index contributed by atoms with van der Waals surface area (Å²) in [5, 5.41) is 2.86. The lowest BCUT2D eigenvalue weighted by Crippen LogP contribution is -2.34. The first-order valence-corrected chi connectivity index (χ1v) is 9.61. The fourth-order valence-electron chi connectivity index (χ4n) is 3.63. The molecule has 0 spiro atoms. The lowest BCUT2D eigenvalue weighted by Gasteiger charge is -2.12. The van der Waals surface area contributed by atoms with Crippen LogP contribution in [0.4, 0.5) is 0 Å². The first-order chi connectivity index (χ1) is 13.6. The van der Waals surface area contributed by atoms with Crippen molar-refractivity contribution >= 4 is 17.7 Å². The summed E-state index contributed by atoms with van der Waals surface area (Å²) in [5.74, 6) is -0.0274. The summed E-state index contributed by atoms with van der Waals surface area (Å²) in [5.41, 5.74) is 2.17. The van der Waals surface area contributed by atoms with Gasteiger partial charge in [0.15, 0.2) is 0 Å². The number of para-hydroxylation sites is 1. The first-order valence-electron chi connectivity index (χ1n) is 9.61. The van der Waals surface area contributed by atoms with Crippen molar-refractivity contribution < 1.29 is 19.1 Å². The molecule has 2 heterocycles. The highest BCUT2D eigenvalue weighted by Gasteiger charge is 2.35. The van der Waals surface area contributed by atoms with Crippen molar-refractivity contribution in [3.8, 4) is 5.75 Å². The van der Waals surface area contributed by atoms with E-state index in [0.717, 1.165) is 30.6 Å². The van der Waals surface area contributed by atoms with E-state index in [-0.39, 0.29) is 23.8 Å². The van der Waals surface area contributed by atoms with Gasteiger partial charge in [-0.15, -0.1) is 0 Å². The van der Waals surface area contributed by atoms with E-state index >= 15 is 0 Å². The van der Waals surface area contributed by atoms with Crippen molar-refractivity contribution in [3.63, 3.8) is 0 Å². The molecule has 1 unspecified atom stereocenters. The predicted molar refractivity (Wildman–Crippen MR) is 104 cm³/mol. The second-order valence-electron chi connectivity index (χ2n) is 7.14. The zero-order valence-corrected chi connectivity index (χ0v) is 15.7. The Morgan fingerprint density at radius 1 is 1.14 bits per heavy atom. The molecule has 0 saturated carbocycles. The van der Waals surface area contributed by atoms with E-state index in [2.05, 4.69) is 5.32 Å². The second-order valence-corrected chi connectivity index (χ2v) is 7.14. The SMILES string of the molecule is CCCCN1C(=O)c2ccc(C(=O)NCC3Cc4ccccc4O3)cc2C1=O. The van der Waals surface area contributed by atoms with Crippen molar-refractivity contribution in [2.24, 2.45) is 0 Å². The van der Waals surface area contributed by atoms with Crippen LogP contribution in [0.5, 0.6) is 5.75 Å². The third-order valence-electron chi connectivity index (χ3n) is 5.17. The van der Waals surface area contributed by atoms with Crippen molar-refractivity contribution in [1.29, 1.82) is 0 Å². The van der Waals surface area contributed by atoms with Gasteiger partial charge in [-0.2, -0.15) is 0 Å². The average molecular weight is 378 g/mol. The van der Waals surface area contributed by atoms with E-state index in [1.165, 1.54) is 11.0 Å². The van der Waals surface area contributed by atoms with Crippen LogP contribution in [-0.4, -0.2) is 41.8 Å². The third kappa shape index (κ3) is 3.26. The molecule has 4 rings (SSSR count). The number of unbranched alkanes of at least 4 members (excludes halogenated alkanes) is 1. The highest BCUT2D eigenvalue weighted by atomic mass is 16.5. The Kier molecular flexibility index (Phi) is 4.86. The van der Waals surface area contributed by atoms with Gasteiger partial charge in [-0.1, -0.05) is 31.5 Å². The largest absolute Gasteiger partial charge is 0.488 e. The summed E-state index contributed by atoms with van der Waals surface area (Å²) in [7, 11) is 0. The van der Waals surface area contributed by atoms with Crippen molar-refractivity contribution in [3.05, 3.63) is 64.7 Å². The molecule has 2 aliphatic rings. The van der Waals surface area contributed by atoms with E-state index < -0.39 is 0 Å². The number of nitrogens with one attached hydrogen (secondary N) is 1. The normalized spacial score (nSPS) is 17.3. The minimum Gasteiger partial charge on any atom is -0.488 e. The van der Waals surface area contributed by atoms with Gasteiger partial charge >= 0.3 is 0 Å². The first kappa shape index (κ1) is 18.2. The van der Waals surface area contributed by atoms with Crippen LogP contribution in [0.3, 0.4) is 0 Å². The van der Waals surface area contributed by atoms with E-state index in [4.69, 9.17) is 4.74 Å². The van der Waals surface area contributed by atoms with Gasteiger partial charge in [0.2, 0.25) is 0 Å². The molecule has 0 saturated heterocycles. The quantitative estimate of drug-likeness (QED) is 0.785. The fourth-order valence-corrected chi connectivity index (χ4v) is 3.63. The van der Waals surface area contributed by atoms with Crippen LogP contribution in [0.2, 0.25) is 0 Å². The Hall–Kier alpha value is -3.15. The molecular formula is C22H22N2O4. The maximum absolute atomic E-state index is 12.5. The molecule has 0 radical (unpaired) electrons. The molecule has 2 aliphatic heterocycles. The third-order valence-corrected chi connectivity index (χ3v) is 5.17. The number of nitrogens with zero attached hydrogens (tertiary/aromatic N) is 1. The fraction of sp³-hybridized carbons (Fsp3) is 0.318. The molecule has 0 bridgehead atoms. The summed E-state index contributed by atoms with van der Waals surface area (Å²) < 4.78 is 5.83. The number of benzene rings is 2. The van der Waals surface area contributed by atoms with Crippen molar-refractivity contribution in [2.75, 3.05) is 13.1 Å². The number of hydrogen-bond acceptors (Lipinski definition) is 4. The zero-order valence-electron chi connectivity index (χ0n) is 15.7. The number of hydrogen-bond donors (Lipinski definition) is 1. The number of amides is 3. The molecule has 0 aliphatic carbocycles. The Morgan fingerprint density at radius 2 is 1.93 bits per heavy atom. The standard InChI is InChI=1S/C22H22N2O4/c1-2-3-10-24-21(26)17-9-8-15(12-18(17)22(24)27)20(25)23-13-16-11-14-6-4-5-7-19(14)28-16/h4-9,12,16H,2-3,10-11,13H2,1H3,(H,23,25). The van der Waals surface area contributed by atoms with E-state index in [0.29, 0.717) is 29.8 Å². The average Bonchev–Trinajstić information content (AvgIpc) is 3.23. The molecular weight excluding hydrogens is 356 g/mol. The van der Waals surface area contributed by atoms with Gasteiger partial charge in [0.05, 0.1) is 17.7 Å². The number of fused-ring (bicyclic) bond motifs is 2. The van der Waals surface area contributed by atoms with Crippen molar-refractivity contribution in [2.45, 2.75) is 32.3 Å². The van der Waals surface area contributed by atoms with Gasteiger partial charge in [0.1, 0.15) is 11.9 Å². The predicted octanol–water partition coefficient (Wildman–Crippen LogP) is 2.82. The second kappa shape index (κ2) is 7.46. The van der Waals surface area contributed by atoms with Gasteiger partial charge in [-0.05, 0) is 36.2 Å². The van der Waals surface area contributed by atoms with Gasteiger partial charge < -0.3 is 10.1 Å². The Labute approximate surface area is 163 Å². The molecule has 2 aromatic rings. The molecule has 28 heavy (non-hydrogen) atoms. The molecule has 2 aromatic carbocycles. The van der Waals surface area contributed by atoms with Crippen LogP contribution in [0.25, 0.3) is 0 Å². The number of rotatable bonds is 6. The summed E-state index contributed by atoms with van der Waals surface area (Å²) in [4.78, 5) is 38.7. The summed E-state index contributed by atoms with van der Waals surface area (Å²) in [6.07, 6.45) is 2.31. The highest BCUT2D eigenvalue weighted by Crippen LogP contribution is 2.28. The Morgan fingerprint density at radius 3 is 2.71 bits per heavy atom. The molecule has 0 fully saturated rings. The van der Waals surface area contributed by atoms with Crippen molar-refractivity contribution in [1.82, 2.24) is 10.2 Å². The maximum atomic E-state index is 12.5. The summed E-state index contributed by atoms with van der Waals surface area (Å²) >= 11 is 0. The summed E-state index contributed by atoms with van der Waals surface area (Å²) in [6, 6.07) is 12.5. The van der Waals surface area contributed by atoms with Gasteiger partial charge in [-0.3, -0.25) is 19.3 Å². The minimum atomic E-state index is -0.322. The van der Waals surface area contributed by atoms with E-state index in [9.17, 15) is 14.4 Å². The molecule has 6 nitrogen and oxygen atoms in total. The van der Waals surface area contributed by atoms with Crippen LogP contribution < -0.4 is 10.1 Å². The number of imide groups is 1. The Balaban J connectivity index is 1.41. The van der Waals surface area contributed by atoms with Crippen LogP contribution in [0, 0.1) is 0 Å². The van der Waals surface area contributed by atoms with Crippen LogP contribution >= 0.6 is 0 Å². The minimum absolute atomic E-state index is 0.108. The van der Waals surface area contributed by atoms with Gasteiger partial charge in [0.25, 0.3) is 17.7 Å². The van der Waals surface area contributed by atoms with Gasteiger partial charge in [-0.25, -0.2) is 0 Å². The topological polar surface area (TPSA) is 75.7 Å². The number of carbonyl (C=O) groups excluding carboxylic acids is 3. The smallest absolute Gasteiger partial charge is 0.261 e. The lowest BCUT2D eigenvalue weighted by molar-refractivity contribution is 0.0652. The van der Waals surface area contributed by atoms with Crippen LogP contribution in [-0.2, 0) is 6.42 Å². The zero-order chi connectivity index (χ0) is 19.7. The molecule has 6 heteroatoms. The Bertz CT molecular complexity index is 928. The van der Waals surface area contributed by atoms with Gasteiger partial charge in [0, 0.05) is 18.5 Å². The summed E-state index contributed by atoms with van der Waals surface area (Å²) in [6.45, 7) is 2.79. The van der Waals surface area contributed by atoms with Crippen LogP contribution in [0.1, 0.15) is 56.4 Å². The molecule has 1 atom stereocenters. The van der Waals surface area contributed by atoms with E-state index in [1.807, 2.05) is 31.2 Å². The molecule has 0 aromatic heterocycles. The molecule has 144 valence electrons. The molecule has 3 amide bonds. The monoisotopic (exact) mass is 378 g/mol. The maximum Gasteiger partial charge on any atom is 0.261 e. The van der Waals surface area contributed by atoms with E-state index in [1.54, 1.807) is 12.1 Å². The lowest BCUT2D eigenvalue weighted by atomic mass is 10.1. The number of carbonyl (C=O) groups is 3. The molecule has 1 N–H and O–H groups in total.